The summed E-state index contributed by atoms with van der Waals surface area (Å²) in [7, 11) is -2.19. The van der Waals surface area contributed by atoms with Gasteiger partial charge < -0.3 is 10.1 Å². The van der Waals surface area contributed by atoms with Crippen LogP contribution >= 0.6 is 0 Å². The van der Waals surface area contributed by atoms with Gasteiger partial charge in [-0.2, -0.15) is 5.10 Å². The lowest BCUT2D eigenvalue weighted by Crippen LogP contribution is -2.25. The topological polar surface area (TPSA) is 130 Å². The molecule has 0 aliphatic heterocycles. The number of aromatic nitrogens is 4. The quantitative estimate of drug-likeness (QED) is 0.709. The van der Waals surface area contributed by atoms with Crippen molar-refractivity contribution in [1.82, 2.24) is 24.5 Å². The number of aromatic carboxylic acids is 1. The number of carbonyl (C=O) groups is 1. The largest absolute Gasteiger partial charge is 0.477 e. The maximum absolute atomic E-state index is 12.3. The number of aryl methyl sites for hydroxylation is 2. The first-order valence-electron chi connectivity index (χ1n) is 5.99. The van der Waals surface area contributed by atoms with E-state index >= 15 is 0 Å². The highest BCUT2D eigenvalue weighted by atomic mass is 32.2. The first-order chi connectivity index (χ1) is 9.72. The molecular weight excluding hydrogens is 298 g/mol. The molecule has 0 amide bonds. The van der Waals surface area contributed by atoms with E-state index < -0.39 is 16.0 Å². The van der Waals surface area contributed by atoms with Gasteiger partial charge in [-0.05, 0) is 13.8 Å². The molecule has 0 atom stereocenters. The van der Waals surface area contributed by atoms with Gasteiger partial charge in [0.2, 0.25) is 10.0 Å². The van der Waals surface area contributed by atoms with Crippen molar-refractivity contribution in [3.8, 4) is 0 Å². The molecule has 0 aromatic carbocycles. The van der Waals surface area contributed by atoms with Gasteiger partial charge in [-0.3, -0.25) is 4.68 Å². The molecule has 0 saturated heterocycles. The molecule has 2 rings (SSSR count). The molecule has 9 nitrogen and oxygen atoms in total. The standard InChI is InChI=1S/C11H15N5O4S/c1-6-9(11(17)18)14-7(2)10(6)21(19,20)13-4-8-12-5-16(3)15-8/h5,13-14H,4H2,1-3H3,(H,17,18). The molecule has 0 aliphatic rings. The average molecular weight is 313 g/mol. The summed E-state index contributed by atoms with van der Waals surface area (Å²) in [4.78, 5) is 17.4. The third-order valence-corrected chi connectivity index (χ3v) is 4.59. The highest BCUT2D eigenvalue weighted by Crippen LogP contribution is 2.23. The number of hydrogen-bond donors (Lipinski definition) is 3. The lowest BCUT2D eigenvalue weighted by Gasteiger charge is -2.05. The molecule has 2 aromatic rings. The van der Waals surface area contributed by atoms with Crippen LogP contribution in [0.15, 0.2) is 11.2 Å². The van der Waals surface area contributed by atoms with E-state index in [0.717, 1.165) is 0 Å². The second-order valence-electron chi connectivity index (χ2n) is 4.54. The van der Waals surface area contributed by atoms with Gasteiger partial charge in [-0.25, -0.2) is 22.9 Å². The number of sulfonamides is 1. The molecule has 10 heteroatoms. The summed E-state index contributed by atoms with van der Waals surface area (Å²) in [5.74, 6) is -0.881. The van der Waals surface area contributed by atoms with Crippen molar-refractivity contribution in [3.63, 3.8) is 0 Å². The SMILES string of the molecule is Cc1[nH]c(C(=O)O)c(C)c1S(=O)(=O)NCc1ncn(C)n1. The number of H-pyrrole nitrogens is 1. The Hall–Kier alpha value is -2.20. The minimum atomic E-state index is -3.86. The Morgan fingerprint density at radius 3 is 2.62 bits per heavy atom. The van der Waals surface area contributed by atoms with Gasteiger partial charge in [0.25, 0.3) is 0 Å². The monoisotopic (exact) mass is 313 g/mol. The van der Waals surface area contributed by atoms with Crippen LogP contribution in [0.5, 0.6) is 0 Å². The van der Waals surface area contributed by atoms with Crippen LogP contribution in [-0.2, 0) is 23.6 Å². The van der Waals surface area contributed by atoms with E-state index in [1.54, 1.807) is 7.05 Å². The number of hydrogen-bond acceptors (Lipinski definition) is 5. The Balaban J connectivity index is 2.29. The second kappa shape index (κ2) is 5.30. The zero-order valence-electron chi connectivity index (χ0n) is 11.7. The molecule has 114 valence electrons. The number of rotatable bonds is 5. The summed E-state index contributed by atoms with van der Waals surface area (Å²) in [6.07, 6.45) is 1.46. The van der Waals surface area contributed by atoms with Gasteiger partial charge in [0.05, 0.1) is 6.54 Å². The number of aromatic amines is 1. The highest BCUT2D eigenvalue weighted by Gasteiger charge is 2.26. The van der Waals surface area contributed by atoms with Crippen molar-refractivity contribution in [2.24, 2.45) is 7.05 Å². The van der Waals surface area contributed by atoms with Crippen LogP contribution in [0.2, 0.25) is 0 Å². The summed E-state index contributed by atoms with van der Waals surface area (Å²) in [6.45, 7) is 2.88. The van der Waals surface area contributed by atoms with Crippen molar-refractivity contribution >= 4 is 16.0 Å². The predicted octanol–water partition coefficient (Wildman–Crippen LogP) is -0.0633. The van der Waals surface area contributed by atoms with Crippen molar-refractivity contribution in [1.29, 1.82) is 0 Å². The van der Waals surface area contributed by atoms with Crippen molar-refractivity contribution in [2.75, 3.05) is 0 Å². The molecule has 0 radical (unpaired) electrons. The molecule has 21 heavy (non-hydrogen) atoms. The molecular formula is C11H15N5O4S. The minimum absolute atomic E-state index is 0.0594. The molecule has 3 N–H and O–H groups in total. The van der Waals surface area contributed by atoms with Crippen molar-refractivity contribution in [2.45, 2.75) is 25.3 Å². The van der Waals surface area contributed by atoms with Gasteiger partial charge in [0.1, 0.15) is 16.9 Å². The Kier molecular flexibility index (Phi) is 3.83. The molecule has 0 spiro atoms. The summed E-state index contributed by atoms with van der Waals surface area (Å²) < 4.78 is 28.4. The Morgan fingerprint density at radius 2 is 2.14 bits per heavy atom. The van der Waals surface area contributed by atoms with Gasteiger partial charge in [-0.1, -0.05) is 0 Å². The number of carboxylic acids is 1. The summed E-state index contributed by atoms with van der Waals surface area (Å²) in [6, 6.07) is 0. The Morgan fingerprint density at radius 1 is 1.48 bits per heavy atom. The van der Waals surface area contributed by atoms with E-state index in [4.69, 9.17) is 5.11 Å². The lowest BCUT2D eigenvalue weighted by molar-refractivity contribution is 0.0690. The average Bonchev–Trinajstić information content (AvgIpc) is 2.91. The van der Waals surface area contributed by atoms with Crippen LogP contribution in [0, 0.1) is 13.8 Å². The van der Waals surface area contributed by atoms with Crippen LogP contribution < -0.4 is 4.72 Å². The van der Waals surface area contributed by atoms with Gasteiger partial charge in [-0.15, -0.1) is 0 Å². The molecule has 0 fully saturated rings. The number of carboxylic acid groups (broad SMARTS) is 1. The van der Waals surface area contributed by atoms with E-state index in [0.29, 0.717) is 5.82 Å². The first-order valence-corrected chi connectivity index (χ1v) is 7.47. The van der Waals surface area contributed by atoms with E-state index in [-0.39, 0.29) is 28.4 Å². The van der Waals surface area contributed by atoms with Crippen LogP contribution in [0.3, 0.4) is 0 Å². The Labute approximate surface area is 121 Å². The molecule has 0 saturated carbocycles. The molecule has 2 heterocycles. The van der Waals surface area contributed by atoms with E-state index in [1.165, 1.54) is 24.9 Å². The molecule has 2 aromatic heterocycles. The lowest BCUT2D eigenvalue weighted by atomic mass is 10.2. The normalized spacial score (nSPS) is 11.8. The first kappa shape index (κ1) is 15.2. The van der Waals surface area contributed by atoms with E-state index in [1.807, 2.05) is 0 Å². The maximum Gasteiger partial charge on any atom is 0.352 e. The molecule has 0 unspecified atom stereocenters. The highest BCUT2D eigenvalue weighted by molar-refractivity contribution is 7.89. The fraction of sp³-hybridized carbons (Fsp3) is 0.364. The van der Waals surface area contributed by atoms with Crippen LogP contribution in [0.4, 0.5) is 0 Å². The Bertz CT molecular complexity index is 790. The third-order valence-electron chi connectivity index (χ3n) is 2.92. The van der Waals surface area contributed by atoms with E-state index in [9.17, 15) is 13.2 Å². The summed E-state index contributed by atoms with van der Waals surface area (Å²) in [5.41, 5.74) is 0.302. The number of nitrogens with zero attached hydrogens (tertiary/aromatic N) is 3. The maximum atomic E-state index is 12.3. The smallest absolute Gasteiger partial charge is 0.352 e. The van der Waals surface area contributed by atoms with Crippen molar-refractivity contribution in [3.05, 3.63) is 29.1 Å². The zero-order chi connectivity index (χ0) is 15.8. The third kappa shape index (κ3) is 2.95. The summed E-state index contributed by atoms with van der Waals surface area (Å²) in [5, 5.41) is 13.0. The van der Waals surface area contributed by atoms with Crippen LogP contribution in [0.25, 0.3) is 0 Å². The minimum Gasteiger partial charge on any atom is -0.477 e. The van der Waals surface area contributed by atoms with Crippen molar-refractivity contribution < 1.29 is 18.3 Å². The fourth-order valence-electron chi connectivity index (χ4n) is 2.05. The molecule has 0 bridgehead atoms. The second-order valence-corrected chi connectivity index (χ2v) is 6.25. The van der Waals surface area contributed by atoms with E-state index in [2.05, 4.69) is 19.8 Å². The van der Waals surface area contributed by atoms with Gasteiger partial charge in [0, 0.05) is 18.3 Å². The van der Waals surface area contributed by atoms with Gasteiger partial charge in [0.15, 0.2) is 5.82 Å². The predicted molar refractivity (Wildman–Crippen MR) is 72.3 cm³/mol. The van der Waals surface area contributed by atoms with Crippen LogP contribution in [-0.4, -0.2) is 39.2 Å². The summed E-state index contributed by atoms with van der Waals surface area (Å²) >= 11 is 0. The fourth-order valence-corrected chi connectivity index (χ4v) is 3.47. The van der Waals surface area contributed by atoms with Crippen LogP contribution in [0.1, 0.15) is 27.6 Å². The number of nitrogens with one attached hydrogen (secondary N) is 2. The van der Waals surface area contributed by atoms with Gasteiger partial charge >= 0.3 is 5.97 Å². The molecule has 0 aliphatic carbocycles. The zero-order valence-corrected chi connectivity index (χ0v) is 12.5.